The number of aromatic nitrogens is 1. The van der Waals surface area contributed by atoms with Crippen LogP contribution in [0.15, 0.2) is 23.9 Å². The number of nitrogens with zero attached hydrogens (tertiary/aromatic N) is 1. The van der Waals surface area contributed by atoms with Crippen LogP contribution in [0.2, 0.25) is 0 Å². The number of carbonyl (C=O) groups excluding carboxylic acids is 2. The minimum atomic E-state index is -0.718. The number of carbonyl (C=O) groups is 2. The summed E-state index contributed by atoms with van der Waals surface area (Å²) < 4.78 is 9.73. The zero-order valence-electron chi connectivity index (χ0n) is 13.4. The van der Waals surface area contributed by atoms with Gasteiger partial charge in [0.15, 0.2) is 5.57 Å². The zero-order chi connectivity index (χ0) is 16.5. The van der Waals surface area contributed by atoms with Crippen molar-refractivity contribution in [2.75, 3.05) is 18.5 Å². The molecule has 22 heavy (non-hydrogen) atoms. The summed E-state index contributed by atoms with van der Waals surface area (Å²) in [6.07, 6.45) is 2.14. The van der Waals surface area contributed by atoms with E-state index in [4.69, 9.17) is 9.47 Å². The molecule has 1 aromatic heterocycles. The Hall–Kier alpha value is -2.37. The van der Waals surface area contributed by atoms with E-state index in [1.54, 1.807) is 13.8 Å². The van der Waals surface area contributed by atoms with Crippen LogP contribution in [0, 0.1) is 6.92 Å². The Bertz CT molecular complexity index is 547. The van der Waals surface area contributed by atoms with Crippen LogP contribution in [0.4, 0.5) is 5.69 Å². The number of anilines is 1. The molecular formula is C16H22N2O4. The fourth-order valence-electron chi connectivity index (χ4n) is 1.73. The van der Waals surface area contributed by atoms with Crippen molar-refractivity contribution in [3.8, 4) is 0 Å². The van der Waals surface area contributed by atoms with E-state index >= 15 is 0 Å². The maximum absolute atomic E-state index is 11.8. The van der Waals surface area contributed by atoms with Crippen LogP contribution in [0.3, 0.4) is 0 Å². The highest BCUT2D eigenvalue weighted by molar-refractivity contribution is 6.14. The topological polar surface area (TPSA) is 77.5 Å². The molecule has 1 heterocycles. The fourth-order valence-corrected chi connectivity index (χ4v) is 1.73. The molecule has 0 radical (unpaired) electrons. The van der Waals surface area contributed by atoms with Gasteiger partial charge in [0.2, 0.25) is 0 Å². The van der Waals surface area contributed by atoms with Gasteiger partial charge in [0.1, 0.15) is 0 Å². The molecule has 1 rings (SSSR count). The van der Waals surface area contributed by atoms with E-state index in [9.17, 15) is 9.59 Å². The Kier molecular flexibility index (Phi) is 7.08. The maximum Gasteiger partial charge on any atom is 0.347 e. The first-order valence-electron chi connectivity index (χ1n) is 7.30. The number of nitrogens with one attached hydrogen (secondary N) is 1. The van der Waals surface area contributed by atoms with Gasteiger partial charge in [-0.25, -0.2) is 9.59 Å². The molecule has 1 aromatic rings. The Morgan fingerprint density at radius 3 is 2.18 bits per heavy atom. The number of esters is 2. The van der Waals surface area contributed by atoms with Gasteiger partial charge in [0.25, 0.3) is 0 Å². The standard InChI is InChI=1S/C16H22N2O4/c1-5-12-8-9-14(11(4)18-12)17-10-13(15(19)21-6-2)16(20)22-7-3/h8-10,17H,5-7H2,1-4H3. The molecule has 0 spiro atoms. The molecule has 0 amide bonds. The van der Waals surface area contributed by atoms with Crippen LogP contribution in [0.5, 0.6) is 0 Å². The average Bonchev–Trinajstić information content (AvgIpc) is 2.49. The Morgan fingerprint density at radius 2 is 1.73 bits per heavy atom. The molecule has 1 N–H and O–H groups in total. The highest BCUT2D eigenvalue weighted by atomic mass is 16.6. The lowest BCUT2D eigenvalue weighted by Gasteiger charge is -2.09. The summed E-state index contributed by atoms with van der Waals surface area (Å²) >= 11 is 0. The maximum atomic E-state index is 11.8. The molecule has 0 atom stereocenters. The number of rotatable bonds is 7. The Balaban J connectivity index is 2.97. The van der Waals surface area contributed by atoms with Crippen molar-refractivity contribution in [2.24, 2.45) is 0 Å². The third-order valence-corrected chi connectivity index (χ3v) is 2.87. The summed E-state index contributed by atoms with van der Waals surface area (Å²) in [5.41, 5.74) is 2.29. The van der Waals surface area contributed by atoms with Crippen molar-refractivity contribution in [2.45, 2.75) is 34.1 Å². The van der Waals surface area contributed by atoms with Crippen LogP contribution < -0.4 is 5.32 Å². The normalized spacial score (nSPS) is 9.82. The first-order chi connectivity index (χ1) is 10.5. The van der Waals surface area contributed by atoms with E-state index in [1.165, 1.54) is 6.20 Å². The average molecular weight is 306 g/mol. The van der Waals surface area contributed by atoms with Crippen LogP contribution in [-0.2, 0) is 25.5 Å². The van der Waals surface area contributed by atoms with Gasteiger partial charge in [-0.3, -0.25) is 4.98 Å². The first-order valence-corrected chi connectivity index (χ1v) is 7.30. The monoisotopic (exact) mass is 306 g/mol. The van der Waals surface area contributed by atoms with Gasteiger partial charge in [-0.2, -0.15) is 0 Å². The van der Waals surface area contributed by atoms with Crippen LogP contribution in [-0.4, -0.2) is 30.1 Å². The summed E-state index contributed by atoms with van der Waals surface area (Å²) in [6.45, 7) is 7.58. The largest absolute Gasteiger partial charge is 0.462 e. The van der Waals surface area contributed by atoms with Crippen LogP contribution in [0.1, 0.15) is 32.2 Å². The Morgan fingerprint density at radius 1 is 1.14 bits per heavy atom. The van der Waals surface area contributed by atoms with E-state index in [-0.39, 0.29) is 18.8 Å². The van der Waals surface area contributed by atoms with E-state index < -0.39 is 11.9 Å². The summed E-state index contributed by atoms with van der Waals surface area (Å²) in [5, 5.41) is 2.92. The molecule has 0 aliphatic carbocycles. The highest BCUT2D eigenvalue weighted by Gasteiger charge is 2.21. The van der Waals surface area contributed by atoms with Crippen molar-refractivity contribution in [3.63, 3.8) is 0 Å². The van der Waals surface area contributed by atoms with Crippen molar-refractivity contribution >= 4 is 17.6 Å². The number of aryl methyl sites for hydroxylation is 2. The Labute approximate surface area is 130 Å². The van der Waals surface area contributed by atoms with Gasteiger partial charge in [-0.05, 0) is 39.3 Å². The first kappa shape index (κ1) is 17.7. The minimum absolute atomic E-state index is 0.178. The second-order valence-electron chi connectivity index (χ2n) is 4.43. The van der Waals surface area contributed by atoms with Crippen molar-refractivity contribution in [1.82, 2.24) is 4.98 Å². The molecule has 0 unspecified atom stereocenters. The van der Waals surface area contributed by atoms with E-state index in [0.29, 0.717) is 5.69 Å². The van der Waals surface area contributed by atoms with Gasteiger partial charge in [0.05, 0.1) is 24.6 Å². The molecule has 0 aromatic carbocycles. The molecule has 0 bridgehead atoms. The third kappa shape index (κ3) is 4.87. The smallest absolute Gasteiger partial charge is 0.347 e. The van der Waals surface area contributed by atoms with E-state index in [1.807, 2.05) is 26.0 Å². The van der Waals surface area contributed by atoms with E-state index in [2.05, 4.69) is 10.3 Å². The second-order valence-corrected chi connectivity index (χ2v) is 4.43. The van der Waals surface area contributed by atoms with Crippen molar-refractivity contribution < 1.29 is 19.1 Å². The molecule has 0 saturated carbocycles. The third-order valence-electron chi connectivity index (χ3n) is 2.87. The number of pyridine rings is 1. The molecule has 0 aliphatic rings. The number of hydrogen-bond donors (Lipinski definition) is 1. The van der Waals surface area contributed by atoms with Gasteiger partial charge >= 0.3 is 11.9 Å². The molecule has 0 saturated heterocycles. The highest BCUT2D eigenvalue weighted by Crippen LogP contribution is 2.14. The van der Waals surface area contributed by atoms with Crippen molar-refractivity contribution in [1.29, 1.82) is 0 Å². The second kappa shape index (κ2) is 8.81. The summed E-state index contributed by atoms with van der Waals surface area (Å²) in [7, 11) is 0. The predicted octanol–water partition coefficient (Wildman–Crippen LogP) is 2.37. The molecular weight excluding hydrogens is 284 g/mol. The van der Waals surface area contributed by atoms with Gasteiger partial charge in [-0.1, -0.05) is 6.92 Å². The fraction of sp³-hybridized carbons (Fsp3) is 0.438. The summed E-state index contributed by atoms with van der Waals surface area (Å²) in [6, 6.07) is 3.74. The predicted molar refractivity (Wildman–Crippen MR) is 83.3 cm³/mol. The number of ether oxygens (including phenoxy) is 2. The lowest BCUT2D eigenvalue weighted by molar-refractivity contribution is -0.146. The van der Waals surface area contributed by atoms with Crippen LogP contribution >= 0.6 is 0 Å². The summed E-state index contributed by atoms with van der Waals surface area (Å²) in [4.78, 5) is 28.0. The molecule has 6 heteroatoms. The quantitative estimate of drug-likeness (QED) is 0.361. The van der Waals surface area contributed by atoms with Gasteiger partial charge in [-0.15, -0.1) is 0 Å². The van der Waals surface area contributed by atoms with Gasteiger partial charge in [0, 0.05) is 11.9 Å². The van der Waals surface area contributed by atoms with E-state index in [0.717, 1.165) is 17.8 Å². The summed E-state index contributed by atoms with van der Waals surface area (Å²) in [5.74, 6) is -1.44. The molecule has 6 nitrogen and oxygen atoms in total. The van der Waals surface area contributed by atoms with Crippen LogP contribution in [0.25, 0.3) is 0 Å². The SMILES string of the molecule is CCOC(=O)C(=CNc1ccc(CC)nc1C)C(=O)OCC. The lowest BCUT2D eigenvalue weighted by atomic mass is 10.2. The zero-order valence-corrected chi connectivity index (χ0v) is 13.4. The molecule has 120 valence electrons. The lowest BCUT2D eigenvalue weighted by Crippen LogP contribution is -2.19. The van der Waals surface area contributed by atoms with Crippen molar-refractivity contribution in [3.05, 3.63) is 35.3 Å². The molecule has 0 fully saturated rings. The minimum Gasteiger partial charge on any atom is -0.462 e. The number of hydrogen-bond acceptors (Lipinski definition) is 6. The van der Waals surface area contributed by atoms with Gasteiger partial charge < -0.3 is 14.8 Å². The molecule has 0 aliphatic heterocycles.